The molecule has 0 amide bonds. The molecule has 0 spiro atoms. The molecule has 0 N–H and O–H groups in total. The molecule has 1 radical (unpaired) electrons. The molecule has 0 heterocycles. The van der Waals surface area contributed by atoms with E-state index in [0.717, 1.165) is 18.8 Å². The fourth-order valence-corrected chi connectivity index (χ4v) is 1.40. The van der Waals surface area contributed by atoms with Crippen LogP contribution in [0.25, 0.3) is 0 Å². The minimum atomic E-state index is 1.04. The number of nitrogens with zero attached hydrogens (tertiary/aromatic N) is 2. The van der Waals surface area contributed by atoms with Gasteiger partial charge in [-0.3, -0.25) is 5.32 Å². The summed E-state index contributed by atoms with van der Waals surface area (Å²) >= 11 is 0. The molecule has 71 valence electrons. The van der Waals surface area contributed by atoms with Gasteiger partial charge in [0, 0.05) is 25.8 Å². The lowest BCUT2D eigenvalue weighted by Crippen LogP contribution is -2.21. The summed E-state index contributed by atoms with van der Waals surface area (Å²) in [6.45, 7) is 6.45. The smallest absolute Gasteiger partial charge is 0.0572 e. The van der Waals surface area contributed by atoms with Crippen LogP contribution in [0.15, 0.2) is 24.3 Å². The minimum Gasteiger partial charge on any atom is -0.372 e. The Labute approximate surface area is 80.6 Å². The lowest BCUT2D eigenvalue weighted by atomic mass is 10.2. The zero-order valence-corrected chi connectivity index (χ0v) is 8.62. The maximum absolute atomic E-state index is 4.10. The Kier molecular flexibility index (Phi) is 3.62. The van der Waals surface area contributed by atoms with Gasteiger partial charge >= 0.3 is 0 Å². The van der Waals surface area contributed by atoms with E-state index in [1.54, 1.807) is 0 Å². The number of rotatable bonds is 4. The van der Waals surface area contributed by atoms with E-state index in [1.165, 1.54) is 5.69 Å². The van der Waals surface area contributed by atoms with Crippen molar-refractivity contribution < 1.29 is 0 Å². The molecule has 0 atom stereocenters. The standard InChI is InChI=1S/C11H17N2/c1-4-13(5-2)11-8-6-10(12-3)7-9-11/h6-9H,4-5H2,1-3H3. The predicted molar refractivity (Wildman–Crippen MR) is 57.7 cm³/mol. The van der Waals surface area contributed by atoms with Crippen LogP contribution < -0.4 is 10.2 Å². The second kappa shape index (κ2) is 4.75. The lowest BCUT2D eigenvalue weighted by Gasteiger charge is -2.20. The van der Waals surface area contributed by atoms with Crippen LogP contribution in [-0.4, -0.2) is 20.1 Å². The van der Waals surface area contributed by atoms with Gasteiger partial charge in [-0.2, -0.15) is 0 Å². The van der Waals surface area contributed by atoms with Gasteiger partial charge in [-0.05, 0) is 38.1 Å². The molecule has 2 nitrogen and oxygen atoms in total. The Bertz CT molecular complexity index is 237. The van der Waals surface area contributed by atoms with Crippen molar-refractivity contribution in [3.63, 3.8) is 0 Å². The molecule has 1 aromatic carbocycles. The first kappa shape index (κ1) is 9.90. The Balaban J connectivity index is 2.78. The molecule has 0 aliphatic rings. The van der Waals surface area contributed by atoms with E-state index >= 15 is 0 Å². The zero-order valence-electron chi connectivity index (χ0n) is 8.62. The van der Waals surface area contributed by atoms with E-state index in [1.807, 2.05) is 19.2 Å². The van der Waals surface area contributed by atoms with E-state index in [-0.39, 0.29) is 0 Å². The normalized spacial score (nSPS) is 9.77. The van der Waals surface area contributed by atoms with Crippen LogP contribution in [0.1, 0.15) is 13.8 Å². The Morgan fingerprint density at radius 3 is 2.00 bits per heavy atom. The quantitative estimate of drug-likeness (QED) is 0.690. The molecule has 13 heavy (non-hydrogen) atoms. The van der Waals surface area contributed by atoms with Crippen molar-refractivity contribution in [1.82, 2.24) is 5.32 Å². The Morgan fingerprint density at radius 2 is 1.62 bits per heavy atom. The molecule has 0 unspecified atom stereocenters. The van der Waals surface area contributed by atoms with Crippen LogP contribution in [0, 0.1) is 0 Å². The fraction of sp³-hybridized carbons (Fsp3) is 0.455. The highest BCUT2D eigenvalue weighted by atomic mass is 15.1. The minimum absolute atomic E-state index is 1.04. The largest absolute Gasteiger partial charge is 0.372 e. The van der Waals surface area contributed by atoms with Crippen molar-refractivity contribution >= 4 is 11.4 Å². The number of hydrogen-bond donors (Lipinski definition) is 0. The van der Waals surface area contributed by atoms with E-state index in [0.29, 0.717) is 0 Å². The number of anilines is 1. The number of hydrogen-bond acceptors (Lipinski definition) is 1. The van der Waals surface area contributed by atoms with E-state index < -0.39 is 0 Å². The first-order valence-corrected chi connectivity index (χ1v) is 4.76. The van der Waals surface area contributed by atoms with Gasteiger partial charge in [-0.25, -0.2) is 0 Å². The summed E-state index contributed by atoms with van der Waals surface area (Å²) in [6.07, 6.45) is 0. The predicted octanol–water partition coefficient (Wildman–Crippen LogP) is 2.40. The summed E-state index contributed by atoms with van der Waals surface area (Å²) in [5.74, 6) is 0. The van der Waals surface area contributed by atoms with E-state index in [9.17, 15) is 0 Å². The van der Waals surface area contributed by atoms with Crippen LogP contribution in [0.3, 0.4) is 0 Å². The SMILES string of the molecule is CCN(CC)c1ccc([N]C)cc1. The zero-order chi connectivity index (χ0) is 9.68. The third-order valence-corrected chi connectivity index (χ3v) is 2.24. The highest BCUT2D eigenvalue weighted by Gasteiger charge is 2.00. The average Bonchev–Trinajstić information content (AvgIpc) is 2.21. The molecule has 2 heteroatoms. The van der Waals surface area contributed by atoms with Gasteiger partial charge in [-0.15, -0.1) is 0 Å². The van der Waals surface area contributed by atoms with Crippen molar-refractivity contribution in [2.75, 3.05) is 25.0 Å². The van der Waals surface area contributed by atoms with Gasteiger partial charge in [0.1, 0.15) is 0 Å². The third kappa shape index (κ3) is 2.38. The molecule has 0 saturated carbocycles. The van der Waals surface area contributed by atoms with E-state index in [4.69, 9.17) is 0 Å². The van der Waals surface area contributed by atoms with Crippen LogP contribution in [-0.2, 0) is 0 Å². The highest BCUT2D eigenvalue weighted by molar-refractivity contribution is 5.52. The van der Waals surface area contributed by atoms with Crippen molar-refractivity contribution in [2.45, 2.75) is 13.8 Å². The molecular formula is C11H17N2. The fourth-order valence-electron chi connectivity index (χ4n) is 1.40. The first-order valence-electron chi connectivity index (χ1n) is 4.76. The van der Waals surface area contributed by atoms with Gasteiger partial charge < -0.3 is 4.90 Å². The summed E-state index contributed by atoms with van der Waals surface area (Å²) in [4.78, 5) is 2.32. The van der Waals surface area contributed by atoms with Crippen LogP contribution >= 0.6 is 0 Å². The van der Waals surface area contributed by atoms with Gasteiger partial charge in [0.25, 0.3) is 0 Å². The summed E-state index contributed by atoms with van der Waals surface area (Å²) in [6, 6.07) is 8.34. The van der Waals surface area contributed by atoms with Crippen molar-refractivity contribution in [2.24, 2.45) is 0 Å². The monoisotopic (exact) mass is 177 g/mol. The maximum atomic E-state index is 4.10. The highest BCUT2D eigenvalue weighted by Crippen LogP contribution is 2.16. The van der Waals surface area contributed by atoms with Gasteiger partial charge in [0.2, 0.25) is 0 Å². The maximum Gasteiger partial charge on any atom is 0.0572 e. The molecule has 0 aromatic heterocycles. The number of benzene rings is 1. The molecule has 1 rings (SSSR count). The van der Waals surface area contributed by atoms with Crippen LogP contribution in [0.5, 0.6) is 0 Å². The molecule has 0 saturated heterocycles. The van der Waals surface area contributed by atoms with Crippen LogP contribution in [0.4, 0.5) is 11.4 Å². The van der Waals surface area contributed by atoms with Crippen molar-refractivity contribution in [3.8, 4) is 0 Å². The third-order valence-electron chi connectivity index (χ3n) is 2.24. The molecule has 0 aliphatic carbocycles. The Morgan fingerprint density at radius 1 is 1.08 bits per heavy atom. The topological polar surface area (TPSA) is 17.3 Å². The van der Waals surface area contributed by atoms with Gasteiger partial charge in [-0.1, -0.05) is 0 Å². The average molecular weight is 177 g/mol. The lowest BCUT2D eigenvalue weighted by molar-refractivity contribution is 0.866. The molecular weight excluding hydrogens is 160 g/mol. The van der Waals surface area contributed by atoms with Gasteiger partial charge in [0.05, 0.1) is 5.69 Å². The second-order valence-corrected chi connectivity index (χ2v) is 2.91. The molecule has 0 aliphatic heterocycles. The van der Waals surface area contributed by atoms with E-state index in [2.05, 4.69) is 36.2 Å². The molecule has 1 aromatic rings. The molecule has 0 bridgehead atoms. The summed E-state index contributed by atoms with van der Waals surface area (Å²) in [7, 11) is 1.81. The summed E-state index contributed by atoms with van der Waals surface area (Å²) < 4.78 is 0. The van der Waals surface area contributed by atoms with Crippen molar-refractivity contribution in [1.29, 1.82) is 0 Å². The molecule has 0 fully saturated rings. The van der Waals surface area contributed by atoms with Crippen LogP contribution in [0.2, 0.25) is 0 Å². The summed E-state index contributed by atoms with van der Waals surface area (Å²) in [5.41, 5.74) is 2.31. The second-order valence-electron chi connectivity index (χ2n) is 2.91. The summed E-state index contributed by atoms with van der Waals surface area (Å²) in [5, 5.41) is 4.10. The van der Waals surface area contributed by atoms with Gasteiger partial charge in [0.15, 0.2) is 0 Å². The Hall–Kier alpha value is -1.18. The van der Waals surface area contributed by atoms with Crippen molar-refractivity contribution in [3.05, 3.63) is 24.3 Å². The first-order chi connectivity index (χ1) is 6.31.